The molecule has 3 N–H and O–H groups in total. The first-order valence-corrected chi connectivity index (χ1v) is 7.47. The Morgan fingerprint density at radius 3 is 2.55 bits per heavy atom. The molecule has 0 spiro atoms. The zero-order valence-corrected chi connectivity index (χ0v) is 16.1. The Kier molecular flexibility index (Phi) is 7.81. The summed E-state index contributed by atoms with van der Waals surface area (Å²) in [5, 5.41) is 2.99. The second-order valence-electron chi connectivity index (χ2n) is 4.61. The van der Waals surface area contributed by atoms with Crippen LogP contribution in [0, 0.1) is 5.82 Å². The molecule has 2 aromatic rings. The first-order chi connectivity index (χ1) is 10.1. The maximum absolute atomic E-state index is 13.6. The van der Waals surface area contributed by atoms with Crippen molar-refractivity contribution < 1.29 is 4.39 Å². The predicted molar refractivity (Wildman–Crippen MR) is 104 cm³/mol. The van der Waals surface area contributed by atoms with Gasteiger partial charge in [0, 0.05) is 15.7 Å². The van der Waals surface area contributed by atoms with Gasteiger partial charge in [-0.15, -0.1) is 24.0 Å². The topological polar surface area (TPSA) is 50.4 Å². The zero-order chi connectivity index (χ0) is 15.2. The van der Waals surface area contributed by atoms with E-state index in [-0.39, 0.29) is 42.3 Å². The van der Waals surface area contributed by atoms with Crippen LogP contribution in [0.3, 0.4) is 0 Å². The van der Waals surface area contributed by atoms with Crippen molar-refractivity contribution in [2.45, 2.75) is 19.9 Å². The third-order valence-electron chi connectivity index (χ3n) is 3.06. The standard InChI is InChI=1S/C16H17BrFN3.HI/c1-2-11-3-6-14(7-4-11)21-16(19)20-10-12-9-13(17)5-8-15(12)18;/h3-9H,2,10H2,1H3,(H3,19,20,21);1H. The molecule has 0 saturated heterocycles. The first kappa shape index (κ1) is 18.9. The molecular formula is C16H18BrFIN3. The molecule has 0 bridgehead atoms. The van der Waals surface area contributed by atoms with Crippen molar-refractivity contribution in [1.29, 1.82) is 0 Å². The van der Waals surface area contributed by atoms with Crippen molar-refractivity contribution in [3.63, 3.8) is 0 Å². The third-order valence-corrected chi connectivity index (χ3v) is 3.56. The number of aliphatic imine (C=N–C) groups is 1. The minimum Gasteiger partial charge on any atom is -0.370 e. The lowest BCUT2D eigenvalue weighted by atomic mass is 10.1. The summed E-state index contributed by atoms with van der Waals surface area (Å²) in [6, 6.07) is 12.7. The lowest BCUT2D eigenvalue weighted by Gasteiger charge is -2.07. The van der Waals surface area contributed by atoms with Gasteiger partial charge in [0.25, 0.3) is 0 Å². The number of guanidine groups is 1. The minimum atomic E-state index is -0.290. The number of aryl methyl sites for hydroxylation is 1. The summed E-state index contributed by atoms with van der Waals surface area (Å²) < 4.78 is 14.4. The summed E-state index contributed by atoms with van der Waals surface area (Å²) in [5.74, 6) is -0.0272. The fourth-order valence-corrected chi connectivity index (χ4v) is 2.25. The number of nitrogens with one attached hydrogen (secondary N) is 1. The van der Waals surface area contributed by atoms with Crippen LogP contribution in [0.25, 0.3) is 0 Å². The third kappa shape index (κ3) is 5.57. The number of nitrogens with zero attached hydrogens (tertiary/aromatic N) is 1. The second-order valence-corrected chi connectivity index (χ2v) is 5.53. The molecule has 0 aromatic heterocycles. The molecule has 0 unspecified atom stereocenters. The Labute approximate surface area is 155 Å². The van der Waals surface area contributed by atoms with Crippen LogP contribution in [-0.4, -0.2) is 5.96 Å². The molecule has 0 aliphatic carbocycles. The number of anilines is 1. The molecule has 118 valence electrons. The fraction of sp³-hybridized carbons (Fsp3) is 0.188. The van der Waals surface area contributed by atoms with Gasteiger partial charge >= 0.3 is 0 Å². The van der Waals surface area contributed by atoms with E-state index in [1.807, 2.05) is 24.3 Å². The average Bonchev–Trinajstić information content (AvgIpc) is 2.49. The summed E-state index contributed by atoms with van der Waals surface area (Å²) in [5.41, 5.74) is 8.43. The molecule has 0 fully saturated rings. The van der Waals surface area contributed by atoms with E-state index in [9.17, 15) is 4.39 Å². The van der Waals surface area contributed by atoms with Gasteiger partial charge in [-0.05, 0) is 42.3 Å². The van der Waals surface area contributed by atoms with Crippen LogP contribution in [0.4, 0.5) is 10.1 Å². The Balaban J connectivity index is 0.00000242. The number of hydrogen-bond acceptors (Lipinski definition) is 1. The van der Waals surface area contributed by atoms with Crippen molar-refractivity contribution in [1.82, 2.24) is 0 Å². The van der Waals surface area contributed by atoms with Crippen LogP contribution < -0.4 is 11.1 Å². The van der Waals surface area contributed by atoms with E-state index in [0.29, 0.717) is 5.56 Å². The van der Waals surface area contributed by atoms with Crippen molar-refractivity contribution >= 4 is 51.6 Å². The quantitative estimate of drug-likeness (QED) is 0.381. The SMILES string of the molecule is CCc1ccc(NC(N)=NCc2cc(Br)ccc2F)cc1.I. The number of benzene rings is 2. The Bertz CT molecular complexity index is 644. The number of halogens is 3. The van der Waals surface area contributed by atoms with Gasteiger partial charge in [-0.25, -0.2) is 9.38 Å². The fourth-order valence-electron chi connectivity index (χ4n) is 1.85. The molecule has 2 rings (SSSR count). The van der Waals surface area contributed by atoms with Gasteiger partial charge in [-0.1, -0.05) is 35.0 Å². The largest absolute Gasteiger partial charge is 0.370 e. The monoisotopic (exact) mass is 477 g/mol. The van der Waals surface area contributed by atoms with Crippen LogP contribution in [0.2, 0.25) is 0 Å². The maximum atomic E-state index is 13.6. The summed E-state index contributed by atoms with van der Waals surface area (Å²) >= 11 is 3.31. The number of hydrogen-bond donors (Lipinski definition) is 2. The normalized spacial score (nSPS) is 11.0. The smallest absolute Gasteiger partial charge is 0.193 e. The van der Waals surface area contributed by atoms with E-state index in [1.54, 1.807) is 12.1 Å². The maximum Gasteiger partial charge on any atom is 0.193 e. The van der Waals surface area contributed by atoms with E-state index in [1.165, 1.54) is 11.6 Å². The lowest BCUT2D eigenvalue weighted by Crippen LogP contribution is -2.22. The van der Waals surface area contributed by atoms with Gasteiger partial charge < -0.3 is 11.1 Å². The molecule has 0 amide bonds. The van der Waals surface area contributed by atoms with Crippen LogP contribution in [0.1, 0.15) is 18.1 Å². The van der Waals surface area contributed by atoms with Crippen LogP contribution >= 0.6 is 39.9 Å². The van der Waals surface area contributed by atoms with Gasteiger partial charge in [0.15, 0.2) is 5.96 Å². The summed E-state index contributed by atoms with van der Waals surface area (Å²) in [4.78, 5) is 4.16. The van der Waals surface area contributed by atoms with Crippen LogP contribution in [-0.2, 0) is 13.0 Å². The van der Waals surface area contributed by atoms with Gasteiger partial charge in [0.2, 0.25) is 0 Å². The highest BCUT2D eigenvalue weighted by molar-refractivity contribution is 14.0. The lowest BCUT2D eigenvalue weighted by molar-refractivity contribution is 0.610. The molecule has 0 radical (unpaired) electrons. The minimum absolute atomic E-state index is 0. The Hall–Kier alpha value is -1.15. The molecule has 0 aliphatic heterocycles. The summed E-state index contributed by atoms with van der Waals surface area (Å²) in [6.45, 7) is 2.29. The van der Waals surface area contributed by atoms with Crippen molar-refractivity contribution in [3.8, 4) is 0 Å². The number of nitrogens with two attached hydrogens (primary N) is 1. The van der Waals surface area contributed by atoms with E-state index in [2.05, 4.69) is 33.2 Å². The molecule has 6 heteroatoms. The average molecular weight is 478 g/mol. The predicted octanol–water partition coefficient (Wildman–Crippen LogP) is 4.70. The van der Waals surface area contributed by atoms with Crippen molar-refractivity contribution in [3.05, 3.63) is 63.9 Å². The number of rotatable bonds is 4. The molecule has 0 saturated carbocycles. The summed E-state index contributed by atoms with van der Waals surface area (Å²) in [7, 11) is 0. The Morgan fingerprint density at radius 2 is 1.91 bits per heavy atom. The van der Waals surface area contributed by atoms with Gasteiger partial charge in [-0.2, -0.15) is 0 Å². The van der Waals surface area contributed by atoms with E-state index >= 15 is 0 Å². The highest BCUT2D eigenvalue weighted by Crippen LogP contribution is 2.16. The van der Waals surface area contributed by atoms with E-state index in [0.717, 1.165) is 16.6 Å². The van der Waals surface area contributed by atoms with Crippen molar-refractivity contribution in [2.24, 2.45) is 10.7 Å². The Morgan fingerprint density at radius 1 is 1.23 bits per heavy atom. The second kappa shape index (κ2) is 9.09. The molecule has 3 nitrogen and oxygen atoms in total. The van der Waals surface area contributed by atoms with Crippen LogP contribution in [0.15, 0.2) is 51.9 Å². The molecule has 0 heterocycles. The van der Waals surface area contributed by atoms with E-state index in [4.69, 9.17) is 5.73 Å². The van der Waals surface area contributed by atoms with E-state index < -0.39 is 0 Å². The first-order valence-electron chi connectivity index (χ1n) is 6.68. The van der Waals surface area contributed by atoms with Gasteiger partial charge in [0.1, 0.15) is 5.82 Å². The molecule has 2 aromatic carbocycles. The summed E-state index contributed by atoms with van der Waals surface area (Å²) in [6.07, 6.45) is 0.992. The molecule has 0 atom stereocenters. The van der Waals surface area contributed by atoms with Gasteiger partial charge in [0.05, 0.1) is 6.54 Å². The molecular weight excluding hydrogens is 460 g/mol. The van der Waals surface area contributed by atoms with Crippen molar-refractivity contribution in [2.75, 3.05) is 5.32 Å². The molecule has 22 heavy (non-hydrogen) atoms. The zero-order valence-electron chi connectivity index (χ0n) is 12.1. The highest BCUT2D eigenvalue weighted by atomic mass is 127. The van der Waals surface area contributed by atoms with Crippen LogP contribution in [0.5, 0.6) is 0 Å². The highest BCUT2D eigenvalue weighted by Gasteiger charge is 2.02. The molecule has 0 aliphatic rings. The van der Waals surface area contributed by atoms with Gasteiger partial charge in [-0.3, -0.25) is 0 Å².